The zero-order valence-electron chi connectivity index (χ0n) is 20.1. The lowest BCUT2D eigenvalue weighted by Crippen LogP contribution is -2.48. The van der Waals surface area contributed by atoms with Crippen molar-refractivity contribution in [2.24, 2.45) is 5.92 Å². The monoisotopic (exact) mass is 493 g/mol. The summed E-state index contributed by atoms with van der Waals surface area (Å²) in [6.45, 7) is 5.27. The van der Waals surface area contributed by atoms with Gasteiger partial charge in [0.05, 0.1) is 5.56 Å². The van der Waals surface area contributed by atoms with Gasteiger partial charge in [0.15, 0.2) is 0 Å². The van der Waals surface area contributed by atoms with E-state index in [1.54, 1.807) is 18.2 Å². The first-order valence-corrected chi connectivity index (χ1v) is 12.4. The van der Waals surface area contributed by atoms with Crippen LogP contribution in [0.1, 0.15) is 27.4 Å². The van der Waals surface area contributed by atoms with Crippen LogP contribution in [0.2, 0.25) is 0 Å². The molecule has 5 rings (SSSR count). The molecule has 2 fully saturated rings. The van der Waals surface area contributed by atoms with Gasteiger partial charge >= 0.3 is 6.18 Å². The molecule has 2 atom stereocenters. The van der Waals surface area contributed by atoms with Crippen LogP contribution in [-0.2, 0) is 6.18 Å². The highest BCUT2D eigenvalue weighted by molar-refractivity contribution is 5.94. The second-order valence-electron chi connectivity index (χ2n) is 9.69. The van der Waals surface area contributed by atoms with Crippen LogP contribution in [0.15, 0.2) is 84.9 Å². The molecule has 0 spiro atoms. The van der Waals surface area contributed by atoms with Gasteiger partial charge in [0.25, 0.3) is 5.91 Å². The molecule has 2 unspecified atom stereocenters. The number of nitrogens with zero attached hydrogens (tertiary/aromatic N) is 3. The maximum atomic E-state index is 13.5. The number of para-hydroxylation sites is 1. The van der Waals surface area contributed by atoms with E-state index in [-0.39, 0.29) is 17.7 Å². The minimum absolute atomic E-state index is 0.0596. The fourth-order valence-electron chi connectivity index (χ4n) is 5.47. The average molecular weight is 494 g/mol. The van der Waals surface area contributed by atoms with Crippen molar-refractivity contribution in [3.63, 3.8) is 0 Å². The van der Waals surface area contributed by atoms with Crippen molar-refractivity contribution in [2.75, 3.05) is 50.7 Å². The Morgan fingerprint density at radius 3 is 2.14 bits per heavy atom. The normalized spacial score (nSPS) is 21.1. The Labute approximate surface area is 209 Å². The smallest absolute Gasteiger partial charge is 0.369 e. The number of amides is 1. The fraction of sp³-hybridized carbons (Fsp3) is 0.345. The largest absolute Gasteiger partial charge is 0.416 e. The lowest BCUT2D eigenvalue weighted by molar-refractivity contribution is -0.137. The number of halogens is 3. The number of carbonyl (C=O) groups is 1. The fourth-order valence-corrected chi connectivity index (χ4v) is 5.47. The number of likely N-dealkylation sites (tertiary alicyclic amines) is 1. The summed E-state index contributed by atoms with van der Waals surface area (Å²) in [6.07, 6.45) is -4.39. The summed E-state index contributed by atoms with van der Waals surface area (Å²) in [7, 11) is 0. The number of rotatable bonds is 5. The molecule has 2 heterocycles. The Balaban J connectivity index is 1.33. The number of anilines is 1. The molecule has 0 radical (unpaired) electrons. The molecule has 0 bridgehead atoms. The van der Waals surface area contributed by atoms with Crippen molar-refractivity contribution in [1.29, 1.82) is 0 Å². The van der Waals surface area contributed by atoms with Crippen molar-refractivity contribution >= 4 is 11.6 Å². The van der Waals surface area contributed by atoms with Gasteiger partial charge in [-0.15, -0.1) is 0 Å². The molecule has 0 aromatic heterocycles. The minimum atomic E-state index is -4.39. The molecule has 0 aliphatic carbocycles. The number of alkyl halides is 3. The molecular formula is C29H30F3N3O. The van der Waals surface area contributed by atoms with Crippen molar-refractivity contribution in [2.45, 2.75) is 12.1 Å². The first kappa shape index (κ1) is 24.4. The van der Waals surface area contributed by atoms with Crippen LogP contribution in [0.3, 0.4) is 0 Å². The van der Waals surface area contributed by atoms with Crippen LogP contribution in [0.4, 0.5) is 18.9 Å². The molecule has 0 N–H and O–H groups in total. The van der Waals surface area contributed by atoms with Gasteiger partial charge in [-0.3, -0.25) is 9.69 Å². The molecule has 2 saturated heterocycles. The highest BCUT2D eigenvalue weighted by atomic mass is 19.4. The van der Waals surface area contributed by atoms with Gasteiger partial charge in [0, 0.05) is 63.0 Å². The third kappa shape index (κ3) is 5.41. The van der Waals surface area contributed by atoms with Crippen molar-refractivity contribution in [3.8, 4) is 0 Å². The summed E-state index contributed by atoms with van der Waals surface area (Å²) < 4.78 is 40.4. The van der Waals surface area contributed by atoms with E-state index in [1.807, 2.05) is 41.3 Å². The van der Waals surface area contributed by atoms with Crippen LogP contribution < -0.4 is 4.90 Å². The van der Waals surface area contributed by atoms with E-state index >= 15 is 0 Å². The van der Waals surface area contributed by atoms with E-state index in [9.17, 15) is 18.0 Å². The summed E-state index contributed by atoms with van der Waals surface area (Å²) in [5, 5.41) is 0. The van der Waals surface area contributed by atoms with Crippen molar-refractivity contribution in [3.05, 3.63) is 102 Å². The molecule has 3 aromatic rings. The lowest BCUT2D eigenvalue weighted by Gasteiger charge is -2.38. The number of hydrogen-bond donors (Lipinski definition) is 0. The first-order chi connectivity index (χ1) is 17.4. The standard InChI is InChI=1S/C29H30F3N3O/c30-29(31,32)25-11-7-10-23(18-25)27-21-35(28(36)22-8-3-1-4-9-22)20-24(27)19-33-14-16-34(17-15-33)26-12-5-2-6-13-26/h1-13,18,24,27H,14-17,19-21H2. The summed E-state index contributed by atoms with van der Waals surface area (Å²) in [6, 6.07) is 25.1. The van der Waals surface area contributed by atoms with Gasteiger partial charge in [0.2, 0.25) is 0 Å². The number of hydrogen-bond acceptors (Lipinski definition) is 3. The zero-order valence-corrected chi connectivity index (χ0v) is 20.1. The number of benzene rings is 3. The van der Waals surface area contributed by atoms with Gasteiger partial charge in [0.1, 0.15) is 0 Å². The van der Waals surface area contributed by atoms with Crippen LogP contribution >= 0.6 is 0 Å². The summed E-state index contributed by atoms with van der Waals surface area (Å²) in [5.74, 6) is -0.152. The van der Waals surface area contributed by atoms with Gasteiger partial charge in [-0.2, -0.15) is 13.2 Å². The predicted octanol–water partition coefficient (Wildman–Crippen LogP) is 5.38. The highest BCUT2D eigenvalue weighted by Gasteiger charge is 2.39. The molecule has 36 heavy (non-hydrogen) atoms. The van der Waals surface area contributed by atoms with E-state index in [2.05, 4.69) is 21.9 Å². The Bertz CT molecular complexity index is 1160. The molecule has 0 saturated carbocycles. The molecule has 3 aromatic carbocycles. The zero-order chi connectivity index (χ0) is 25.1. The maximum Gasteiger partial charge on any atom is 0.416 e. The Hall–Kier alpha value is -3.32. The second kappa shape index (κ2) is 10.3. The molecular weight excluding hydrogens is 463 g/mol. The molecule has 2 aliphatic rings. The summed E-state index contributed by atoms with van der Waals surface area (Å²) in [5.41, 5.74) is 1.83. The van der Waals surface area contributed by atoms with Crippen LogP contribution in [0.5, 0.6) is 0 Å². The van der Waals surface area contributed by atoms with Crippen molar-refractivity contribution < 1.29 is 18.0 Å². The molecule has 188 valence electrons. The first-order valence-electron chi connectivity index (χ1n) is 12.4. The minimum Gasteiger partial charge on any atom is -0.369 e. The Morgan fingerprint density at radius 1 is 0.806 bits per heavy atom. The lowest BCUT2D eigenvalue weighted by atomic mass is 9.87. The molecule has 1 amide bonds. The Kier molecular flexibility index (Phi) is 7.01. The molecule has 7 heteroatoms. The average Bonchev–Trinajstić information content (AvgIpc) is 3.33. The van der Waals surface area contributed by atoms with Crippen LogP contribution in [0, 0.1) is 5.92 Å². The van der Waals surface area contributed by atoms with E-state index in [0.717, 1.165) is 38.8 Å². The van der Waals surface area contributed by atoms with E-state index < -0.39 is 11.7 Å². The van der Waals surface area contributed by atoms with Crippen LogP contribution in [-0.4, -0.2) is 61.5 Å². The number of carbonyl (C=O) groups excluding carboxylic acids is 1. The van der Waals surface area contributed by atoms with Gasteiger partial charge in [-0.25, -0.2) is 0 Å². The van der Waals surface area contributed by atoms with E-state index in [0.29, 0.717) is 24.2 Å². The molecule has 2 aliphatic heterocycles. The van der Waals surface area contributed by atoms with Gasteiger partial charge < -0.3 is 9.80 Å². The summed E-state index contributed by atoms with van der Waals surface area (Å²) in [4.78, 5) is 19.8. The third-order valence-electron chi connectivity index (χ3n) is 7.38. The highest BCUT2D eigenvalue weighted by Crippen LogP contribution is 2.37. The van der Waals surface area contributed by atoms with E-state index in [1.165, 1.54) is 17.8 Å². The second-order valence-corrected chi connectivity index (χ2v) is 9.69. The summed E-state index contributed by atoms with van der Waals surface area (Å²) >= 11 is 0. The maximum absolute atomic E-state index is 13.5. The van der Waals surface area contributed by atoms with Gasteiger partial charge in [-0.1, -0.05) is 54.6 Å². The number of piperazine rings is 1. The van der Waals surface area contributed by atoms with E-state index in [4.69, 9.17) is 0 Å². The van der Waals surface area contributed by atoms with Crippen LogP contribution in [0.25, 0.3) is 0 Å². The molecule has 4 nitrogen and oxygen atoms in total. The van der Waals surface area contributed by atoms with Crippen molar-refractivity contribution in [1.82, 2.24) is 9.80 Å². The third-order valence-corrected chi connectivity index (χ3v) is 7.38. The van der Waals surface area contributed by atoms with Gasteiger partial charge in [-0.05, 0) is 41.8 Å². The topological polar surface area (TPSA) is 26.8 Å². The quantitative estimate of drug-likeness (QED) is 0.477. The predicted molar refractivity (Wildman–Crippen MR) is 135 cm³/mol. The Morgan fingerprint density at radius 2 is 1.47 bits per heavy atom. The SMILES string of the molecule is O=C(c1ccccc1)N1CC(CN2CCN(c3ccccc3)CC2)C(c2cccc(C(F)(F)F)c2)C1.